The number of nitrogens with zero attached hydrogens (tertiary/aromatic N) is 1. The molecule has 0 saturated heterocycles. The van der Waals surface area contributed by atoms with Gasteiger partial charge in [0.05, 0.1) is 10.8 Å². The Balaban J connectivity index is 2.33. The van der Waals surface area contributed by atoms with Crippen molar-refractivity contribution in [3.63, 3.8) is 0 Å². The normalized spacial score (nSPS) is 18.2. The highest BCUT2D eigenvalue weighted by Crippen LogP contribution is 2.34. The summed E-state index contributed by atoms with van der Waals surface area (Å²) in [7, 11) is -0.198. The summed E-state index contributed by atoms with van der Waals surface area (Å²) in [5.41, 5.74) is 1.43. The minimum absolute atomic E-state index is 0.0990. The molecule has 0 spiro atoms. The van der Waals surface area contributed by atoms with Gasteiger partial charge in [-0.15, -0.1) is 0 Å². The zero-order valence-electron chi connectivity index (χ0n) is 11.8. The first-order chi connectivity index (χ1) is 9.37. The van der Waals surface area contributed by atoms with Gasteiger partial charge in [0.1, 0.15) is 0 Å². The van der Waals surface area contributed by atoms with E-state index in [-0.39, 0.29) is 16.7 Å². The monoisotopic (exact) mass is 297 g/mol. The van der Waals surface area contributed by atoms with E-state index in [9.17, 15) is 13.2 Å². The van der Waals surface area contributed by atoms with E-state index in [0.29, 0.717) is 18.8 Å². The van der Waals surface area contributed by atoms with Crippen LogP contribution in [-0.4, -0.2) is 45.8 Å². The predicted octanol–water partition coefficient (Wildman–Crippen LogP) is 0.582. The van der Waals surface area contributed by atoms with Crippen LogP contribution in [0.1, 0.15) is 18.4 Å². The zero-order valence-corrected chi connectivity index (χ0v) is 12.6. The maximum absolute atomic E-state index is 12.4. The van der Waals surface area contributed by atoms with Crippen molar-refractivity contribution in [2.75, 3.05) is 32.5 Å². The van der Waals surface area contributed by atoms with Crippen LogP contribution in [0.15, 0.2) is 23.1 Å². The van der Waals surface area contributed by atoms with E-state index in [0.717, 1.165) is 5.56 Å². The maximum atomic E-state index is 12.4. The van der Waals surface area contributed by atoms with Gasteiger partial charge in [0.15, 0.2) is 0 Å². The summed E-state index contributed by atoms with van der Waals surface area (Å²) in [6.07, 6.45) is 0. The lowest BCUT2D eigenvalue weighted by Crippen LogP contribution is -2.32. The van der Waals surface area contributed by atoms with E-state index in [4.69, 9.17) is 0 Å². The number of likely N-dealkylation sites (N-methyl/N-ethyl adjacent to an activating group) is 2. The third-order valence-electron chi connectivity index (χ3n) is 3.53. The van der Waals surface area contributed by atoms with Gasteiger partial charge in [-0.3, -0.25) is 4.79 Å². The van der Waals surface area contributed by atoms with Crippen LogP contribution in [0, 0.1) is 0 Å². The molecule has 1 atom stereocenters. The van der Waals surface area contributed by atoms with Gasteiger partial charge in [-0.2, -0.15) is 4.31 Å². The number of sulfonamides is 1. The number of anilines is 1. The second-order valence-electron chi connectivity index (χ2n) is 4.89. The van der Waals surface area contributed by atoms with Gasteiger partial charge >= 0.3 is 0 Å². The number of amides is 1. The standard InChI is InChI=1S/C13H19N3O3S/c1-9-11-8-10(4-5-12(11)15-13(9)17)20(18,19)16(3)7-6-14-2/h4-5,8-9,14H,6-7H2,1-3H3,(H,15,17). The second kappa shape index (κ2) is 5.51. The molecule has 1 aliphatic rings. The van der Waals surface area contributed by atoms with Gasteiger partial charge in [0, 0.05) is 25.8 Å². The molecule has 1 unspecified atom stereocenters. The lowest BCUT2D eigenvalue weighted by molar-refractivity contribution is -0.116. The number of carbonyl (C=O) groups excluding carboxylic acids is 1. The molecule has 0 saturated carbocycles. The predicted molar refractivity (Wildman–Crippen MR) is 77.2 cm³/mol. The Morgan fingerprint density at radius 1 is 1.40 bits per heavy atom. The topological polar surface area (TPSA) is 78.5 Å². The minimum Gasteiger partial charge on any atom is -0.325 e. The van der Waals surface area contributed by atoms with E-state index in [1.165, 1.54) is 10.4 Å². The summed E-state index contributed by atoms with van der Waals surface area (Å²) in [4.78, 5) is 11.8. The van der Waals surface area contributed by atoms with Crippen LogP contribution < -0.4 is 10.6 Å². The van der Waals surface area contributed by atoms with E-state index >= 15 is 0 Å². The highest BCUT2D eigenvalue weighted by atomic mass is 32.2. The van der Waals surface area contributed by atoms with Crippen LogP contribution in [0.5, 0.6) is 0 Å². The van der Waals surface area contributed by atoms with Crippen LogP contribution >= 0.6 is 0 Å². The molecule has 2 rings (SSSR count). The maximum Gasteiger partial charge on any atom is 0.242 e. The van der Waals surface area contributed by atoms with E-state index in [1.807, 2.05) is 0 Å². The number of hydrogen-bond donors (Lipinski definition) is 2. The van der Waals surface area contributed by atoms with Crippen molar-refractivity contribution in [1.29, 1.82) is 0 Å². The molecule has 0 aliphatic carbocycles. The number of fused-ring (bicyclic) bond motifs is 1. The van der Waals surface area contributed by atoms with Crippen LogP contribution in [0.25, 0.3) is 0 Å². The first kappa shape index (κ1) is 15.0. The van der Waals surface area contributed by atoms with Gasteiger partial charge in [-0.05, 0) is 37.7 Å². The Bertz CT molecular complexity index is 628. The van der Waals surface area contributed by atoms with Crippen LogP contribution in [0.3, 0.4) is 0 Å². The lowest BCUT2D eigenvalue weighted by Gasteiger charge is -2.17. The number of hydrogen-bond acceptors (Lipinski definition) is 4. The van der Waals surface area contributed by atoms with Gasteiger partial charge < -0.3 is 10.6 Å². The van der Waals surface area contributed by atoms with Crippen molar-refractivity contribution < 1.29 is 13.2 Å². The number of benzene rings is 1. The summed E-state index contributed by atoms with van der Waals surface area (Å²) in [5, 5.41) is 5.65. The highest BCUT2D eigenvalue weighted by Gasteiger charge is 2.29. The molecule has 2 N–H and O–H groups in total. The highest BCUT2D eigenvalue weighted by molar-refractivity contribution is 7.89. The number of rotatable bonds is 5. The fourth-order valence-corrected chi connectivity index (χ4v) is 3.33. The third-order valence-corrected chi connectivity index (χ3v) is 5.38. The Morgan fingerprint density at radius 2 is 2.10 bits per heavy atom. The van der Waals surface area contributed by atoms with Crippen molar-refractivity contribution in [1.82, 2.24) is 9.62 Å². The molecule has 1 heterocycles. The molecular weight excluding hydrogens is 278 g/mol. The van der Waals surface area contributed by atoms with Crippen LogP contribution in [0.4, 0.5) is 5.69 Å². The number of nitrogens with one attached hydrogen (secondary N) is 2. The van der Waals surface area contributed by atoms with Gasteiger partial charge in [0.2, 0.25) is 15.9 Å². The van der Waals surface area contributed by atoms with Crippen molar-refractivity contribution in [3.05, 3.63) is 23.8 Å². The summed E-state index contributed by atoms with van der Waals surface area (Å²) in [6.45, 7) is 2.74. The third kappa shape index (κ3) is 2.56. The van der Waals surface area contributed by atoms with Crippen LogP contribution in [0.2, 0.25) is 0 Å². The molecule has 0 aromatic heterocycles. The first-order valence-electron chi connectivity index (χ1n) is 6.43. The van der Waals surface area contributed by atoms with Gasteiger partial charge in [0.25, 0.3) is 0 Å². The number of carbonyl (C=O) groups is 1. The first-order valence-corrected chi connectivity index (χ1v) is 7.87. The molecule has 6 nitrogen and oxygen atoms in total. The van der Waals surface area contributed by atoms with Crippen molar-refractivity contribution in [3.8, 4) is 0 Å². The lowest BCUT2D eigenvalue weighted by atomic mass is 10.0. The van der Waals surface area contributed by atoms with Crippen molar-refractivity contribution in [2.24, 2.45) is 0 Å². The van der Waals surface area contributed by atoms with Crippen LogP contribution in [-0.2, 0) is 14.8 Å². The largest absolute Gasteiger partial charge is 0.325 e. The van der Waals surface area contributed by atoms with E-state index in [2.05, 4.69) is 10.6 Å². The second-order valence-corrected chi connectivity index (χ2v) is 6.94. The Hall–Kier alpha value is -1.44. The Labute approximate surface area is 119 Å². The average molecular weight is 297 g/mol. The Kier molecular flexibility index (Phi) is 4.12. The molecule has 1 aromatic carbocycles. The molecule has 0 radical (unpaired) electrons. The molecule has 1 amide bonds. The molecule has 20 heavy (non-hydrogen) atoms. The fraction of sp³-hybridized carbons (Fsp3) is 0.462. The zero-order chi connectivity index (χ0) is 14.9. The van der Waals surface area contributed by atoms with E-state index in [1.54, 1.807) is 33.2 Å². The summed E-state index contributed by atoms with van der Waals surface area (Å²) in [5.74, 6) is -0.416. The van der Waals surface area contributed by atoms with Crippen molar-refractivity contribution in [2.45, 2.75) is 17.7 Å². The molecule has 7 heteroatoms. The average Bonchev–Trinajstić information content (AvgIpc) is 2.71. The van der Waals surface area contributed by atoms with E-state index < -0.39 is 10.0 Å². The SMILES string of the molecule is CNCCN(C)S(=O)(=O)c1ccc2c(c1)C(C)C(=O)N2. The smallest absolute Gasteiger partial charge is 0.242 e. The van der Waals surface area contributed by atoms with Crippen molar-refractivity contribution >= 4 is 21.6 Å². The fourth-order valence-electron chi connectivity index (χ4n) is 2.12. The molecule has 1 aromatic rings. The summed E-state index contributed by atoms with van der Waals surface area (Å²) >= 11 is 0. The molecular formula is C13H19N3O3S. The minimum atomic E-state index is -3.52. The van der Waals surface area contributed by atoms with Gasteiger partial charge in [-0.1, -0.05) is 0 Å². The summed E-state index contributed by atoms with van der Waals surface area (Å²) in [6, 6.07) is 4.76. The molecule has 0 fully saturated rings. The van der Waals surface area contributed by atoms with Gasteiger partial charge in [-0.25, -0.2) is 8.42 Å². The quantitative estimate of drug-likeness (QED) is 0.833. The molecule has 110 valence electrons. The summed E-state index contributed by atoms with van der Waals surface area (Å²) < 4.78 is 26.1. The molecule has 0 bridgehead atoms. The Morgan fingerprint density at radius 3 is 2.75 bits per heavy atom. The molecule has 1 aliphatic heterocycles.